The van der Waals surface area contributed by atoms with Crippen LogP contribution in [0.4, 0.5) is 0 Å². The number of carbonyl (C=O) groups excluding carboxylic acids is 2. The van der Waals surface area contributed by atoms with Gasteiger partial charge < -0.3 is 9.47 Å². The standard InChI is InChI=1S/C23H27O5P/c1-7-8-10-16-13(2)19(15(4)20(14(16)3)23(25)29-26)22(24)21-17(27-5)11-9-12-18(21)28-6/h9,11-12H,7-8,10H2,1-6H3. The molecule has 2 aromatic carbocycles. The monoisotopic (exact) mass is 414 g/mol. The maximum absolute atomic E-state index is 13.7. The van der Waals surface area contributed by atoms with Gasteiger partial charge in [0.1, 0.15) is 17.1 Å². The number of rotatable bonds is 9. The summed E-state index contributed by atoms with van der Waals surface area (Å²) < 4.78 is 22.2. The Bertz CT molecular complexity index is 940. The fourth-order valence-corrected chi connectivity index (χ4v) is 4.33. The number of ether oxygens (including phenoxy) is 2. The molecule has 0 amide bonds. The minimum atomic E-state index is -0.587. The molecule has 6 heteroatoms. The van der Waals surface area contributed by atoms with E-state index in [9.17, 15) is 14.2 Å². The molecule has 0 bridgehead atoms. The van der Waals surface area contributed by atoms with Gasteiger partial charge in [0.25, 0.3) is 5.52 Å². The molecular formula is C23H27O5P. The quantitative estimate of drug-likeness (QED) is 0.393. The molecule has 0 radical (unpaired) electrons. The molecule has 0 aliphatic carbocycles. The number of hydrogen-bond acceptors (Lipinski definition) is 5. The van der Waals surface area contributed by atoms with E-state index in [2.05, 4.69) is 6.92 Å². The van der Waals surface area contributed by atoms with Crippen molar-refractivity contribution in [1.82, 2.24) is 0 Å². The van der Waals surface area contributed by atoms with E-state index in [-0.39, 0.29) is 5.78 Å². The molecule has 0 spiro atoms. The first kappa shape index (κ1) is 22.8. The zero-order chi connectivity index (χ0) is 21.7. The molecule has 0 saturated carbocycles. The Hall–Kier alpha value is -2.52. The SMILES string of the molecule is CCCCc1c(C)c(C(=O)P=O)c(C)c(C(=O)c2c(OC)cccc2OC)c1C. The molecule has 5 nitrogen and oxygen atoms in total. The summed E-state index contributed by atoms with van der Waals surface area (Å²) in [7, 11) is 2.41. The van der Waals surface area contributed by atoms with Gasteiger partial charge in [-0.3, -0.25) is 14.2 Å². The van der Waals surface area contributed by atoms with Crippen molar-refractivity contribution in [2.75, 3.05) is 14.2 Å². The first-order valence-corrected chi connectivity index (χ1v) is 10.4. The predicted molar refractivity (Wildman–Crippen MR) is 114 cm³/mol. The molecule has 0 saturated heterocycles. The van der Waals surface area contributed by atoms with Crippen LogP contribution in [0.5, 0.6) is 11.5 Å². The lowest BCUT2D eigenvalue weighted by Crippen LogP contribution is -2.16. The normalized spacial score (nSPS) is 10.8. The molecule has 2 aromatic rings. The van der Waals surface area contributed by atoms with E-state index in [1.807, 2.05) is 13.8 Å². The van der Waals surface area contributed by atoms with Gasteiger partial charge in [-0.15, -0.1) is 0 Å². The fourth-order valence-electron chi connectivity index (χ4n) is 3.91. The van der Waals surface area contributed by atoms with Crippen LogP contribution in [0, 0.1) is 20.8 Å². The molecule has 0 aromatic heterocycles. The zero-order valence-corrected chi connectivity index (χ0v) is 18.7. The molecule has 0 atom stereocenters. The van der Waals surface area contributed by atoms with Crippen LogP contribution in [0.15, 0.2) is 18.2 Å². The molecule has 0 fully saturated rings. The summed E-state index contributed by atoms with van der Waals surface area (Å²) in [5.74, 6) is 0.529. The molecule has 0 unspecified atom stereocenters. The van der Waals surface area contributed by atoms with Crippen LogP contribution in [-0.4, -0.2) is 25.5 Å². The summed E-state index contributed by atoms with van der Waals surface area (Å²) >= 11 is 0. The highest BCUT2D eigenvalue weighted by Crippen LogP contribution is 2.36. The molecule has 2 rings (SSSR count). The Labute approximate surface area is 173 Å². The topological polar surface area (TPSA) is 69.7 Å². The third-order valence-corrected chi connectivity index (χ3v) is 5.75. The number of ketones is 1. The lowest BCUT2D eigenvalue weighted by atomic mass is 9.83. The molecular weight excluding hydrogens is 387 g/mol. The van der Waals surface area contributed by atoms with Crippen molar-refractivity contribution in [3.8, 4) is 11.5 Å². The van der Waals surface area contributed by atoms with Gasteiger partial charge in [0.05, 0.1) is 14.2 Å². The van der Waals surface area contributed by atoms with E-state index in [0.717, 1.165) is 36.0 Å². The Balaban J connectivity index is 2.87. The molecule has 29 heavy (non-hydrogen) atoms. The smallest absolute Gasteiger partial charge is 0.253 e. The highest BCUT2D eigenvalue weighted by molar-refractivity contribution is 7.47. The minimum absolute atomic E-state index is 0.274. The van der Waals surface area contributed by atoms with Crippen LogP contribution < -0.4 is 9.47 Å². The fraction of sp³-hybridized carbons (Fsp3) is 0.391. The molecule has 0 aliphatic rings. The summed E-state index contributed by atoms with van der Waals surface area (Å²) in [5, 5.41) is 0. The Morgan fingerprint density at radius 2 is 1.45 bits per heavy atom. The number of hydrogen-bond donors (Lipinski definition) is 0. The van der Waals surface area contributed by atoms with Crippen LogP contribution in [0.2, 0.25) is 0 Å². The van der Waals surface area contributed by atoms with E-state index in [1.165, 1.54) is 14.2 Å². The molecule has 0 heterocycles. The van der Waals surface area contributed by atoms with Crippen molar-refractivity contribution in [3.05, 3.63) is 57.1 Å². The number of carbonyl (C=O) groups is 2. The molecule has 0 aliphatic heterocycles. The third-order valence-electron chi connectivity index (χ3n) is 5.36. The highest BCUT2D eigenvalue weighted by atomic mass is 31.1. The van der Waals surface area contributed by atoms with Crippen LogP contribution in [0.25, 0.3) is 0 Å². The van der Waals surface area contributed by atoms with E-state index >= 15 is 0 Å². The Kier molecular flexibility index (Phi) is 7.69. The lowest BCUT2D eigenvalue weighted by molar-refractivity contribution is 0.103. The summed E-state index contributed by atoms with van der Waals surface area (Å²) in [6.07, 6.45) is 2.66. The van der Waals surface area contributed by atoms with Gasteiger partial charge in [-0.05, 0) is 68.0 Å². The van der Waals surface area contributed by atoms with E-state index in [4.69, 9.17) is 9.47 Å². The summed E-state index contributed by atoms with van der Waals surface area (Å²) in [6.45, 7) is 7.59. The van der Waals surface area contributed by atoms with Crippen molar-refractivity contribution in [1.29, 1.82) is 0 Å². The number of unbranched alkanes of at least 4 members (excludes halogenated alkanes) is 1. The van der Waals surface area contributed by atoms with Crippen LogP contribution >= 0.6 is 8.46 Å². The van der Waals surface area contributed by atoms with E-state index in [1.54, 1.807) is 25.1 Å². The summed E-state index contributed by atoms with van der Waals surface area (Å²) in [4.78, 5) is 26.2. The summed E-state index contributed by atoms with van der Waals surface area (Å²) in [6, 6.07) is 5.16. The average molecular weight is 414 g/mol. The minimum Gasteiger partial charge on any atom is -0.496 e. The van der Waals surface area contributed by atoms with Gasteiger partial charge in [0.15, 0.2) is 0 Å². The zero-order valence-electron chi connectivity index (χ0n) is 17.8. The van der Waals surface area contributed by atoms with Gasteiger partial charge in [-0.1, -0.05) is 19.4 Å². The van der Waals surface area contributed by atoms with Crippen molar-refractivity contribution in [3.63, 3.8) is 0 Å². The number of methoxy groups -OCH3 is 2. The van der Waals surface area contributed by atoms with Crippen molar-refractivity contribution in [2.45, 2.75) is 47.0 Å². The first-order chi connectivity index (χ1) is 13.8. The summed E-state index contributed by atoms with van der Waals surface area (Å²) in [5.41, 5.74) is 3.72. The first-order valence-electron chi connectivity index (χ1n) is 9.59. The van der Waals surface area contributed by atoms with Gasteiger partial charge in [0, 0.05) is 11.1 Å². The third kappa shape index (κ3) is 4.25. The Morgan fingerprint density at radius 3 is 1.93 bits per heavy atom. The molecule has 154 valence electrons. The predicted octanol–water partition coefficient (Wildman–Crippen LogP) is 5.63. The maximum Gasteiger partial charge on any atom is 0.253 e. The van der Waals surface area contributed by atoms with Crippen LogP contribution in [0.1, 0.15) is 68.3 Å². The average Bonchev–Trinajstić information content (AvgIpc) is 2.72. The van der Waals surface area contributed by atoms with Gasteiger partial charge in [-0.25, -0.2) is 0 Å². The molecule has 0 N–H and O–H groups in total. The van der Waals surface area contributed by atoms with Crippen molar-refractivity contribution in [2.24, 2.45) is 0 Å². The second-order valence-corrected chi connectivity index (χ2v) is 7.56. The second-order valence-electron chi connectivity index (χ2n) is 6.97. The van der Waals surface area contributed by atoms with Gasteiger partial charge in [-0.2, -0.15) is 0 Å². The van der Waals surface area contributed by atoms with Crippen molar-refractivity contribution < 1.29 is 23.6 Å². The van der Waals surface area contributed by atoms with Gasteiger partial charge in [0.2, 0.25) is 14.2 Å². The lowest BCUT2D eigenvalue weighted by Gasteiger charge is -2.21. The van der Waals surface area contributed by atoms with Gasteiger partial charge >= 0.3 is 0 Å². The largest absolute Gasteiger partial charge is 0.496 e. The Morgan fingerprint density at radius 1 is 0.897 bits per heavy atom. The van der Waals surface area contributed by atoms with Crippen LogP contribution in [0.3, 0.4) is 0 Å². The number of benzene rings is 2. The van der Waals surface area contributed by atoms with Crippen molar-refractivity contribution >= 4 is 19.8 Å². The highest BCUT2D eigenvalue weighted by Gasteiger charge is 2.28. The van der Waals surface area contributed by atoms with Crippen LogP contribution in [-0.2, 0) is 11.0 Å². The second kappa shape index (κ2) is 9.80. The maximum atomic E-state index is 13.7. The van der Waals surface area contributed by atoms with E-state index in [0.29, 0.717) is 33.8 Å². The van der Waals surface area contributed by atoms with E-state index < -0.39 is 14.0 Å².